The Balaban J connectivity index is 2.55. The molecule has 0 fully saturated rings. The molecule has 0 saturated carbocycles. The van der Waals surface area contributed by atoms with E-state index in [1.165, 1.54) is 12.3 Å². The molecule has 0 amide bonds. The van der Waals surface area contributed by atoms with Gasteiger partial charge in [0.25, 0.3) is 0 Å². The fourth-order valence-electron chi connectivity index (χ4n) is 1.64. The van der Waals surface area contributed by atoms with Crippen LogP contribution in [0, 0.1) is 0 Å². The van der Waals surface area contributed by atoms with E-state index in [9.17, 15) is 4.79 Å². The Morgan fingerprint density at radius 1 is 1.22 bits per heavy atom. The summed E-state index contributed by atoms with van der Waals surface area (Å²) >= 11 is 3.39. The topological polar surface area (TPSA) is 48.7 Å². The Morgan fingerprint density at radius 2 is 1.91 bits per heavy atom. The summed E-state index contributed by atoms with van der Waals surface area (Å²) in [5, 5.41) is 1.13. The van der Waals surface area contributed by atoms with E-state index < -0.39 is 8.32 Å². The number of hydrogen-bond donors (Lipinski definition) is 0. The van der Waals surface area contributed by atoms with Crippen LogP contribution < -0.4 is 10.2 Å². The van der Waals surface area contributed by atoms with Gasteiger partial charge in [0.2, 0.25) is 11.2 Å². The molecule has 0 N–H and O–H groups in total. The van der Waals surface area contributed by atoms with E-state index in [0.717, 1.165) is 24.6 Å². The molecule has 23 heavy (non-hydrogen) atoms. The molecule has 132 valence electrons. The van der Waals surface area contributed by atoms with Crippen LogP contribution in [0.25, 0.3) is 0 Å². The number of rotatable bonds is 9. The Hall–Kier alpha value is -0.593. The Labute approximate surface area is 148 Å². The number of alkyl halides is 1. The molecular formula is C17H29BrO4Si. The lowest BCUT2D eigenvalue weighted by molar-refractivity contribution is 0.236. The lowest BCUT2D eigenvalue weighted by Gasteiger charge is -2.35. The first-order chi connectivity index (χ1) is 10.7. The predicted octanol–water partition coefficient (Wildman–Crippen LogP) is 5.11. The van der Waals surface area contributed by atoms with Gasteiger partial charge in [0.1, 0.15) is 12.0 Å². The van der Waals surface area contributed by atoms with E-state index in [1.54, 1.807) is 0 Å². The third kappa shape index (κ3) is 6.81. The molecule has 0 spiro atoms. The van der Waals surface area contributed by atoms with Gasteiger partial charge in [-0.15, -0.1) is 0 Å². The molecular weight excluding hydrogens is 376 g/mol. The van der Waals surface area contributed by atoms with Gasteiger partial charge in [-0.3, -0.25) is 4.79 Å². The van der Waals surface area contributed by atoms with Crippen molar-refractivity contribution in [1.29, 1.82) is 0 Å². The third-order valence-corrected chi connectivity index (χ3v) is 9.31. The standard InChI is InChI=1S/C17H29BrO4Si/c1-17(2,3)23(4,5)22-12-14-11-15(19)16(13-21-14)20-10-8-6-7-9-18/h11,13H,6-10,12H2,1-5H3. The predicted molar refractivity (Wildman–Crippen MR) is 100 cm³/mol. The van der Waals surface area contributed by atoms with Gasteiger partial charge >= 0.3 is 0 Å². The zero-order valence-corrected chi connectivity index (χ0v) is 17.5. The maximum atomic E-state index is 12.0. The second kappa shape index (κ2) is 9.04. The highest BCUT2D eigenvalue weighted by Crippen LogP contribution is 2.37. The molecule has 0 unspecified atom stereocenters. The fourth-order valence-corrected chi connectivity index (χ4v) is 2.98. The van der Waals surface area contributed by atoms with E-state index in [2.05, 4.69) is 49.8 Å². The smallest absolute Gasteiger partial charge is 0.227 e. The lowest BCUT2D eigenvalue weighted by Crippen LogP contribution is -2.40. The number of unbranched alkanes of at least 4 members (excludes halogenated alkanes) is 2. The Bertz CT molecular complexity index is 534. The van der Waals surface area contributed by atoms with Crippen molar-refractivity contribution in [1.82, 2.24) is 0 Å². The van der Waals surface area contributed by atoms with Crippen LogP contribution in [0.3, 0.4) is 0 Å². The van der Waals surface area contributed by atoms with E-state index in [1.807, 2.05) is 0 Å². The molecule has 0 atom stereocenters. The Kier molecular flexibility index (Phi) is 8.04. The third-order valence-electron chi connectivity index (χ3n) is 4.27. The molecule has 0 saturated heterocycles. The first-order valence-corrected chi connectivity index (χ1v) is 12.1. The maximum absolute atomic E-state index is 12.0. The van der Waals surface area contributed by atoms with Crippen LogP contribution in [0.15, 0.2) is 21.5 Å². The van der Waals surface area contributed by atoms with Crippen LogP contribution in [-0.4, -0.2) is 20.3 Å². The van der Waals surface area contributed by atoms with E-state index in [-0.39, 0.29) is 16.2 Å². The molecule has 1 rings (SSSR count). The quantitative estimate of drug-likeness (QED) is 0.326. The monoisotopic (exact) mass is 404 g/mol. The van der Waals surface area contributed by atoms with Crippen molar-refractivity contribution in [2.75, 3.05) is 11.9 Å². The summed E-state index contributed by atoms with van der Waals surface area (Å²) in [7, 11) is -1.85. The minimum Gasteiger partial charge on any atom is -0.487 e. The van der Waals surface area contributed by atoms with Gasteiger partial charge in [-0.1, -0.05) is 36.7 Å². The summed E-state index contributed by atoms with van der Waals surface area (Å²) in [5.41, 5.74) is -0.148. The summed E-state index contributed by atoms with van der Waals surface area (Å²) in [6, 6.07) is 1.47. The molecule has 0 aliphatic carbocycles. The molecule has 1 aromatic heterocycles. The molecule has 1 heterocycles. The molecule has 1 aromatic rings. The SMILES string of the molecule is CC(C)(C)[Si](C)(C)OCc1cc(=O)c(OCCCCCBr)co1. The van der Waals surface area contributed by atoms with Crippen molar-refractivity contribution < 1.29 is 13.6 Å². The van der Waals surface area contributed by atoms with E-state index >= 15 is 0 Å². The first-order valence-electron chi connectivity index (χ1n) is 8.12. The van der Waals surface area contributed by atoms with Crippen LogP contribution in [0.4, 0.5) is 0 Å². The zero-order valence-electron chi connectivity index (χ0n) is 14.9. The number of hydrogen-bond acceptors (Lipinski definition) is 4. The summed E-state index contributed by atoms with van der Waals surface area (Å²) in [6.45, 7) is 11.8. The van der Waals surface area contributed by atoms with Gasteiger partial charge in [-0.05, 0) is 37.4 Å². The van der Waals surface area contributed by atoms with Crippen molar-refractivity contribution in [2.45, 2.75) is 64.8 Å². The minimum atomic E-state index is -1.85. The summed E-state index contributed by atoms with van der Waals surface area (Å²) in [5.74, 6) is 0.825. The molecule has 4 nitrogen and oxygen atoms in total. The number of halogens is 1. The van der Waals surface area contributed by atoms with Gasteiger partial charge in [0.15, 0.2) is 8.32 Å². The molecule has 0 aliphatic heterocycles. The van der Waals surface area contributed by atoms with Crippen LogP contribution in [-0.2, 0) is 11.0 Å². The second-order valence-corrected chi connectivity index (χ2v) is 12.8. The van der Waals surface area contributed by atoms with Crippen molar-refractivity contribution >= 4 is 24.2 Å². The highest BCUT2D eigenvalue weighted by Gasteiger charge is 2.37. The maximum Gasteiger partial charge on any atom is 0.227 e. The minimum absolute atomic E-state index is 0.130. The van der Waals surface area contributed by atoms with Crippen LogP contribution >= 0.6 is 15.9 Å². The molecule has 6 heteroatoms. The summed E-state index contributed by atoms with van der Waals surface area (Å²) in [6.07, 6.45) is 4.52. The van der Waals surface area contributed by atoms with Crippen molar-refractivity contribution in [3.8, 4) is 5.75 Å². The molecule has 0 radical (unpaired) electrons. The highest BCUT2D eigenvalue weighted by atomic mass is 79.9. The number of ether oxygens (including phenoxy) is 1. The van der Waals surface area contributed by atoms with Crippen LogP contribution in [0.5, 0.6) is 5.75 Å². The summed E-state index contributed by atoms with van der Waals surface area (Å²) < 4.78 is 17.0. The molecule has 0 aromatic carbocycles. The van der Waals surface area contributed by atoms with Crippen LogP contribution in [0.2, 0.25) is 18.1 Å². The van der Waals surface area contributed by atoms with Gasteiger partial charge < -0.3 is 13.6 Å². The molecule has 0 aliphatic rings. The van der Waals surface area contributed by atoms with Gasteiger partial charge in [-0.25, -0.2) is 0 Å². The summed E-state index contributed by atoms with van der Waals surface area (Å²) in [4.78, 5) is 12.0. The zero-order chi connectivity index (χ0) is 17.5. The molecule has 0 bridgehead atoms. The average Bonchev–Trinajstić information content (AvgIpc) is 2.45. The average molecular weight is 405 g/mol. The lowest BCUT2D eigenvalue weighted by atomic mass is 10.2. The van der Waals surface area contributed by atoms with Gasteiger partial charge in [0.05, 0.1) is 13.2 Å². The largest absolute Gasteiger partial charge is 0.487 e. The van der Waals surface area contributed by atoms with Crippen molar-refractivity contribution in [3.63, 3.8) is 0 Å². The normalized spacial score (nSPS) is 12.4. The van der Waals surface area contributed by atoms with Crippen molar-refractivity contribution in [2.24, 2.45) is 0 Å². The van der Waals surface area contributed by atoms with Crippen LogP contribution in [0.1, 0.15) is 45.8 Å². The van der Waals surface area contributed by atoms with Gasteiger partial charge in [0, 0.05) is 11.4 Å². The van der Waals surface area contributed by atoms with E-state index in [4.69, 9.17) is 13.6 Å². The second-order valence-electron chi connectivity index (χ2n) is 7.22. The van der Waals surface area contributed by atoms with E-state index in [0.29, 0.717) is 19.0 Å². The van der Waals surface area contributed by atoms with Crippen molar-refractivity contribution in [3.05, 3.63) is 28.3 Å². The Morgan fingerprint density at radius 3 is 2.48 bits per heavy atom. The van der Waals surface area contributed by atoms with Gasteiger partial charge in [-0.2, -0.15) is 0 Å². The highest BCUT2D eigenvalue weighted by molar-refractivity contribution is 9.09. The fraction of sp³-hybridized carbons (Fsp3) is 0.706. The first kappa shape index (κ1) is 20.5.